The molecular weight excluding hydrogens is 440 g/mol. The number of carbonyl (C=O) groups is 1. The van der Waals surface area contributed by atoms with E-state index in [4.69, 9.17) is 4.98 Å². The highest BCUT2D eigenvalue weighted by Gasteiger charge is 2.41. The van der Waals surface area contributed by atoms with Gasteiger partial charge in [-0.1, -0.05) is 26.8 Å². The maximum absolute atomic E-state index is 13.3. The first-order valence-electron chi connectivity index (χ1n) is 11.3. The average molecular weight is 473 g/mol. The van der Waals surface area contributed by atoms with Crippen molar-refractivity contribution in [1.82, 2.24) is 19.7 Å². The zero-order valence-corrected chi connectivity index (χ0v) is 20.7. The van der Waals surface area contributed by atoms with Crippen LogP contribution in [0.5, 0.6) is 0 Å². The minimum absolute atomic E-state index is 0.143. The Morgan fingerprint density at radius 2 is 1.94 bits per heavy atom. The number of fused-ring (bicyclic) bond motifs is 6. The Bertz CT molecular complexity index is 1170. The predicted octanol–water partition coefficient (Wildman–Crippen LogP) is 3.10. The average Bonchev–Trinajstić information content (AvgIpc) is 3.03. The molecule has 0 spiro atoms. The Labute approximate surface area is 195 Å². The van der Waals surface area contributed by atoms with Crippen LogP contribution in [0.3, 0.4) is 0 Å². The first-order valence-corrected chi connectivity index (χ1v) is 12.8. The van der Waals surface area contributed by atoms with Gasteiger partial charge in [-0.15, -0.1) is 0 Å². The van der Waals surface area contributed by atoms with Gasteiger partial charge < -0.3 is 10.2 Å². The summed E-state index contributed by atoms with van der Waals surface area (Å²) in [5.41, 5.74) is -0.420. The van der Waals surface area contributed by atoms with Gasteiger partial charge >= 0.3 is 0 Å². The van der Waals surface area contributed by atoms with E-state index in [2.05, 4.69) is 38.8 Å². The molecule has 1 fully saturated rings. The van der Waals surface area contributed by atoms with Crippen molar-refractivity contribution in [2.45, 2.75) is 69.9 Å². The van der Waals surface area contributed by atoms with E-state index in [0.29, 0.717) is 29.9 Å². The molecular formula is C23H32N6O3S. The Kier molecular flexibility index (Phi) is 5.84. The number of rotatable bonds is 0. The van der Waals surface area contributed by atoms with Gasteiger partial charge in [-0.3, -0.25) is 4.79 Å². The van der Waals surface area contributed by atoms with Crippen molar-refractivity contribution < 1.29 is 13.2 Å². The van der Waals surface area contributed by atoms with E-state index < -0.39 is 15.9 Å². The maximum Gasteiger partial charge on any atom is 0.281 e. The number of carbonyl (C=O) groups excluding carboxylic acids is 1. The summed E-state index contributed by atoms with van der Waals surface area (Å²) in [6, 6.07) is 4.69. The highest BCUT2D eigenvalue weighted by molar-refractivity contribution is 7.90. The summed E-state index contributed by atoms with van der Waals surface area (Å²) in [6.07, 6.45) is 4.33. The molecule has 9 nitrogen and oxygen atoms in total. The second-order valence-corrected chi connectivity index (χ2v) is 12.2. The molecule has 2 N–H and O–H groups in total. The van der Waals surface area contributed by atoms with Gasteiger partial charge in [-0.25, -0.2) is 19.7 Å². The molecule has 2 aromatic rings. The van der Waals surface area contributed by atoms with Crippen LogP contribution in [-0.4, -0.2) is 47.9 Å². The van der Waals surface area contributed by atoms with E-state index >= 15 is 0 Å². The van der Waals surface area contributed by atoms with Crippen molar-refractivity contribution in [2.75, 3.05) is 23.3 Å². The molecule has 10 heteroatoms. The molecule has 0 unspecified atom stereocenters. The standard InChI is InChI=1S/C23H32N6O3S/c1-22(2,3)21-25-13-16-19(27-21)29-14-15(12-23(29,4)5)8-7-11-24-17-9-6-10-18(26-17)33(31,32)28-20(16)30/h6,9-10,13,15H,7-8,11-12,14H2,1-5H3,(H,24,26)(H,28,30)/t15-/m0/s1. The summed E-state index contributed by atoms with van der Waals surface area (Å²) < 4.78 is 28.1. The zero-order chi connectivity index (χ0) is 24.0. The molecule has 4 heterocycles. The summed E-state index contributed by atoms with van der Waals surface area (Å²) in [5.74, 6) is 1.21. The van der Waals surface area contributed by atoms with Crippen molar-refractivity contribution in [3.05, 3.63) is 35.8 Å². The van der Waals surface area contributed by atoms with Crippen LogP contribution >= 0.6 is 0 Å². The molecule has 1 amide bonds. The van der Waals surface area contributed by atoms with Crippen LogP contribution < -0.4 is 14.9 Å². The minimum Gasteiger partial charge on any atom is -0.370 e. The number of amides is 1. The molecule has 1 saturated heterocycles. The van der Waals surface area contributed by atoms with Crippen molar-refractivity contribution in [3.8, 4) is 0 Å². The van der Waals surface area contributed by atoms with E-state index in [1.165, 1.54) is 12.3 Å². The molecule has 0 radical (unpaired) electrons. The maximum atomic E-state index is 13.3. The van der Waals surface area contributed by atoms with Crippen molar-refractivity contribution in [3.63, 3.8) is 0 Å². The van der Waals surface area contributed by atoms with E-state index in [-0.39, 0.29) is 21.5 Å². The molecule has 2 aromatic heterocycles. The van der Waals surface area contributed by atoms with Gasteiger partial charge in [0.25, 0.3) is 15.9 Å². The third-order valence-electron chi connectivity index (χ3n) is 6.22. The SMILES string of the molecule is CC(C)(C)c1ncc2c(n1)N1C[C@@H](CCCNc3cccc(n3)S(=O)(=O)NC2=O)CC1(C)C. The van der Waals surface area contributed by atoms with Crippen molar-refractivity contribution in [1.29, 1.82) is 0 Å². The van der Waals surface area contributed by atoms with Gasteiger partial charge in [-0.05, 0) is 51.2 Å². The van der Waals surface area contributed by atoms with E-state index in [0.717, 1.165) is 25.8 Å². The molecule has 0 saturated carbocycles. The number of nitrogens with zero attached hydrogens (tertiary/aromatic N) is 4. The molecule has 2 aliphatic rings. The Balaban J connectivity index is 1.84. The molecule has 4 bridgehead atoms. The van der Waals surface area contributed by atoms with Crippen LogP contribution in [0.4, 0.5) is 11.6 Å². The number of hydrogen-bond acceptors (Lipinski definition) is 8. The van der Waals surface area contributed by atoms with Crippen LogP contribution in [0, 0.1) is 5.92 Å². The molecule has 4 rings (SSSR count). The lowest BCUT2D eigenvalue weighted by molar-refractivity contribution is 0.0981. The molecule has 2 aliphatic heterocycles. The van der Waals surface area contributed by atoms with Crippen LogP contribution in [0.15, 0.2) is 29.4 Å². The monoisotopic (exact) mass is 472 g/mol. The normalized spacial score (nSPS) is 22.4. The van der Waals surface area contributed by atoms with E-state index in [9.17, 15) is 13.2 Å². The Morgan fingerprint density at radius 3 is 2.67 bits per heavy atom. The van der Waals surface area contributed by atoms with Gasteiger partial charge in [0.15, 0.2) is 5.03 Å². The number of pyridine rings is 1. The number of aromatic nitrogens is 3. The second-order valence-electron chi connectivity index (χ2n) is 10.5. The lowest BCUT2D eigenvalue weighted by atomic mass is 9.93. The third-order valence-corrected chi connectivity index (χ3v) is 7.45. The predicted molar refractivity (Wildman–Crippen MR) is 127 cm³/mol. The Hall–Kier alpha value is -2.75. The highest BCUT2D eigenvalue weighted by atomic mass is 32.2. The van der Waals surface area contributed by atoms with E-state index in [1.807, 2.05) is 20.8 Å². The van der Waals surface area contributed by atoms with Gasteiger partial charge in [0.2, 0.25) is 0 Å². The quantitative estimate of drug-likeness (QED) is 0.601. The number of sulfonamides is 1. The molecule has 0 aromatic carbocycles. The van der Waals surface area contributed by atoms with Gasteiger partial charge in [0.05, 0.1) is 0 Å². The summed E-state index contributed by atoms with van der Waals surface area (Å²) in [4.78, 5) is 28.8. The summed E-state index contributed by atoms with van der Waals surface area (Å²) in [7, 11) is -4.18. The van der Waals surface area contributed by atoms with Crippen LogP contribution in [0.2, 0.25) is 0 Å². The van der Waals surface area contributed by atoms with Crippen LogP contribution in [-0.2, 0) is 15.4 Å². The highest BCUT2D eigenvalue weighted by Crippen LogP contribution is 2.39. The first-order chi connectivity index (χ1) is 15.4. The largest absolute Gasteiger partial charge is 0.370 e. The molecule has 33 heavy (non-hydrogen) atoms. The topological polar surface area (TPSA) is 117 Å². The third kappa shape index (κ3) is 4.80. The van der Waals surface area contributed by atoms with Crippen LogP contribution in [0.25, 0.3) is 0 Å². The fraction of sp³-hybridized carbons (Fsp3) is 0.565. The fourth-order valence-electron chi connectivity index (χ4n) is 4.55. The van der Waals surface area contributed by atoms with Crippen molar-refractivity contribution >= 4 is 27.6 Å². The van der Waals surface area contributed by atoms with Gasteiger partial charge in [0.1, 0.15) is 23.0 Å². The number of anilines is 2. The zero-order valence-electron chi connectivity index (χ0n) is 19.8. The summed E-state index contributed by atoms with van der Waals surface area (Å²) in [5, 5.41) is 2.98. The van der Waals surface area contributed by atoms with Gasteiger partial charge in [0, 0.05) is 30.2 Å². The van der Waals surface area contributed by atoms with E-state index in [1.54, 1.807) is 12.1 Å². The van der Waals surface area contributed by atoms with Crippen molar-refractivity contribution in [2.24, 2.45) is 5.92 Å². The lowest BCUT2D eigenvalue weighted by Crippen LogP contribution is -2.41. The first kappa shape index (κ1) is 23.4. The second kappa shape index (κ2) is 8.23. The summed E-state index contributed by atoms with van der Waals surface area (Å²) in [6.45, 7) is 11.7. The fourth-order valence-corrected chi connectivity index (χ4v) is 5.49. The Morgan fingerprint density at radius 1 is 1.18 bits per heavy atom. The van der Waals surface area contributed by atoms with Crippen LogP contribution in [0.1, 0.15) is 70.1 Å². The summed E-state index contributed by atoms with van der Waals surface area (Å²) >= 11 is 0. The number of nitrogens with one attached hydrogen (secondary N) is 2. The van der Waals surface area contributed by atoms with Gasteiger partial charge in [-0.2, -0.15) is 8.42 Å². The molecule has 0 aliphatic carbocycles. The smallest absolute Gasteiger partial charge is 0.281 e. The minimum atomic E-state index is -4.18. The molecule has 1 atom stereocenters. The lowest BCUT2D eigenvalue weighted by Gasteiger charge is -2.34. The number of hydrogen-bond donors (Lipinski definition) is 2. The molecule has 178 valence electrons.